The van der Waals surface area contributed by atoms with Crippen molar-refractivity contribution in [1.82, 2.24) is 0 Å². The maximum absolute atomic E-state index is 5.94. The molecule has 0 aliphatic rings. The van der Waals surface area contributed by atoms with Gasteiger partial charge in [-0.05, 0) is 35.9 Å². The number of rotatable bonds is 3. The zero-order valence-corrected chi connectivity index (χ0v) is 10.6. The number of nitrogens with one attached hydrogen (secondary N) is 1. The summed E-state index contributed by atoms with van der Waals surface area (Å²) in [6.07, 6.45) is 0. The van der Waals surface area contributed by atoms with Gasteiger partial charge < -0.3 is 11.1 Å². The molecule has 2 aromatic rings. The predicted octanol–water partition coefficient (Wildman–Crippen LogP) is 4.20. The van der Waals surface area contributed by atoms with Crippen LogP contribution in [0, 0.1) is 0 Å². The second-order valence-corrected chi connectivity index (χ2v) is 4.47. The molecule has 17 heavy (non-hydrogen) atoms. The van der Waals surface area contributed by atoms with Crippen molar-refractivity contribution in [2.24, 2.45) is 5.73 Å². The molecule has 2 aromatic carbocycles. The molecule has 0 amide bonds. The summed E-state index contributed by atoms with van der Waals surface area (Å²) in [7, 11) is 0. The van der Waals surface area contributed by atoms with E-state index in [0.29, 0.717) is 16.6 Å². The van der Waals surface area contributed by atoms with Gasteiger partial charge in [-0.25, -0.2) is 0 Å². The Morgan fingerprint density at radius 2 is 1.53 bits per heavy atom. The van der Waals surface area contributed by atoms with E-state index in [0.717, 1.165) is 16.9 Å². The van der Waals surface area contributed by atoms with E-state index in [9.17, 15) is 0 Å². The molecule has 0 saturated heterocycles. The summed E-state index contributed by atoms with van der Waals surface area (Å²) >= 11 is 11.8. The Kier molecular flexibility index (Phi) is 3.89. The number of hydrogen-bond acceptors (Lipinski definition) is 2. The molecule has 0 unspecified atom stereocenters. The summed E-state index contributed by atoms with van der Waals surface area (Å²) in [6, 6.07) is 13.4. The molecule has 0 fully saturated rings. The maximum atomic E-state index is 5.94. The monoisotopic (exact) mass is 266 g/mol. The first-order chi connectivity index (χ1) is 8.19. The van der Waals surface area contributed by atoms with Gasteiger partial charge in [0.2, 0.25) is 0 Å². The molecule has 4 heteroatoms. The Bertz CT molecular complexity index is 509. The molecule has 0 bridgehead atoms. The number of benzene rings is 2. The van der Waals surface area contributed by atoms with Gasteiger partial charge in [-0.2, -0.15) is 0 Å². The van der Waals surface area contributed by atoms with Crippen LogP contribution in [0.3, 0.4) is 0 Å². The van der Waals surface area contributed by atoms with E-state index in [2.05, 4.69) is 5.32 Å². The molecule has 88 valence electrons. The number of hydrogen-bond donors (Lipinski definition) is 2. The molecule has 2 nitrogen and oxygen atoms in total. The fourth-order valence-corrected chi connectivity index (χ4v) is 1.76. The summed E-state index contributed by atoms with van der Waals surface area (Å²) in [4.78, 5) is 0. The molecule has 0 heterocycles. The lowest BCUT2D eigenvalue weighted by molar-refractivity contribution is 1.07. The smallest absolute Gasteiger partial charge is 0.0612 e. The van der Waals surface area contributed by atoms with Crippen LogP contribution in [-0.2, 0) is 6.54 Å². The molecule has 3 N–H and O–H groups in total. The molecular weight excluding hydrogens is 255 g/mol. The first kappa shape index (κ1) is 12.2. The van der Waals surface area contributed by atoms with E-state index in [-0.39, 0.29) is 0 Å². The maximum Gasteiger partial charge on any atom is 0.0612 e. The first-order valence-electron chi connectivity index (χ1n) is 5.20. The summed E-state index contributed by atoms with van der Waals surface area (Å²) in [5.74, 6) is 0. The number of nitrogens with two attached hydrogens (primary N) is 1. The second-order valence-electron chi connectivity index (χ2n) is 3.65. The van der Waals surface area contributed by atoms with Crippen molar-refractivity contribution in [1.29, 1.82) is 0 Å². The van der Waals surface area contributed by atoms with Crippen LogP contribution in [0.25, 0.3) is 0 Å². The minimum absolute atomic E-state index is 0.537. The van der Waals surface area contributed by atoms with Crippen LogP contribution in [0.5, 0.6) is 0 Å². The van der Waals surface area contributed by atoms with Crippen LogP contribution in [-0.4, -0.2) is 0 Å². The van der Waals surface area contributed by atoms with Crippen LogP contribution >= 0.6 is 23.2 Å². The van der Waals surface area contributed by atoms with Gasteiger partial charge in [0.15, 0.2) is 0 Å². The van der Waals surface area contributed by atoms with Gasteiger partial charge in [0, 0.05) is 17.9 Å². The van der Waals surface area contributed by atoms with Crippen molar-refractivity contribution >= 4 is 34.6 Å². The lowest BCUT2D eigenvalue weighted by Crippen LogP contribution is -1.96. The van der Waals surface area contributed by atoms with Crippen molar-refractivity contribution in [3.05, 3.63) is 58.1 Å². The van der Waals surface area contributed by atoms with E-state index < -0.39 is 0 Å². The van der Waals surface area contributed by atoms with Crippen molar-refractivity contribution in [3.63, 3.8) is 0 Å². The average molecular weight is 267 g/mol. The largest absolute Gasteiger partial charge is 0.355 e. The van der Waals surface area contributed by atoms with Gasteiger partial charge in [-0.3, -0.25) is 0 Å². The van der Waals surface area contributed by atoms with Gasteiger partial charge in [0.05, 0.1) is 10.0 Å². The zero-order valence-electron chi connectivity index (χ0n) is 9.08. The van der Waals surface area contributed by atoms with Crippen LogP contribution in [0.1, 0.15) is 5.56 Å². The average Bonchev–Trinajstić information content (AvgIpc) is 2.35. The summed E-state index contributed by atoms with van der Waals surface area (Å²) in [5.41, 5.74) is 8.53. The molecule has 0 aliphatic carbocycles. The fourth-order valence-electron chi connectivity index (χ4n) is 1.46. The Balaban J connectivity index is 2.16. The summed E-state index contributed by atoms with van der Waals surface area (Å²) < 4.78 is 0. The van der Waals surface area contributed by atoms with Crippen LogP contribution in [0.2, 0.25) is 10.0 Å². The predicted molar refractivity (Wildman–Crippen MR) is 74.1 cm³/mol. The Labute approximate surface area is 110 Å². The lowest BCUT2D eigenvalue weighted by Gasteiger charge is -2.08. The van der Waals surface area contributed by atoms with E-state index in [1.165, 1.54) is 0 Å². The number of anilines is 2. The van der Waals surface area contributed by atoms with Gasteiger partial charge in [-0.1, -0.05) is 35.3 Å². The summed E-state index contributed by atoms with van der Waals surface area (Å²) in [5, 5.41) is 4.33. The van der Waals surface area contributed by atoms with E-state index in [1.807, 2.05) is 30.3 Å². The Hall–Kier alpha value is -1.22. The first-order valence-corrected chi connectivity index (χ1v) is 5.96. The Morgan fingerprint density at radius 1 is 0.882 bits per heavy atom. The van der Waals surface area contributed by atoms with Crippen LogP contribution in [0.15, 0.2) is 42.5 Å². The third kappa shape index (κ3) is 3.13. The van der Waals surface area contributed by atoms with Gasteiger partial charge in [-0.15, -0.1) is 0 Å². The minimum atomic E-state index is 0.537. The van der Waals surface area contributed by atoms with Gasteiger partial charge in [0.1, 0.15) is 0 Å². The molecule has 2 rings (SSSR count). The molecule has 0 atom stereocenters. The molecule has 0 saturated carbocycles. The van der Waals surface area contributed by atoms with Crippen molar-refractivity contribution in [2.75, 3.05) is 5.32 Å². The minimum Gasteiger partial charge on any atom is -0.355 e. The third-order valence-electron chi connectivity index (χ3n) is 2.40. The Morgan fingerprint density at radius 3 is 2.12 bits per heavy atom. The lowest BCUT2D eigenvalue weighted by atomic mass is 10.2. The standard InChI is InChI=1S/C13H12Cl2N2/c14-12-6-5-11(7-13(12)15)17-10-3-1-9(8-16)2-4-10/h1-7,17H,8,16H2. The zero-order chi connectivity index (χ0) is 12.3. The molecular formula is C13H12Cl2N2. The summed E-state index contributed by atoms with van der Waals surface area (Å²) in [6.45, 7) is 0.549. The molecule has 0 radical (unpaired) electrons. The van der Waals surface area contributed by atoms with Crippen LogP contribution < -0.4 is 11.1 Å². The third-order valence-corrected chi connectivity index (χ3v) is 3.14. The highest BCUT2D eigenvalue weighted by molar-refractivity contribution is 6.42. The quantitative estimate of drug-likeness (QED) is 0.874. The van der Waals surface area contributed by atoms with Gasteiger partial charge in [0.25, 0.3) is 0 Å². The normalized spacial score (nSPS) is 10.3. The van der Waals surface area contributed by atoms with Crippen molar-refractivity contribution in [3.8, 4) is 0 Å². The SMILES string of the molecule is NCc1ccc(Nc2ccc(Cl)c(Cl)c2)cc1. The highest BCUT2D eigenvalue weighted by Gasteiger charge is 2.00. The van der Waals surface area contributed by atoms with Gasteiger partial charge >= 0.3 is 0 Å². The van der Waals surface area contributed by atoms with Crippen molar-refractivity contribution < 1.29 is 0 Å². The molecule has 0 spiro atoms. The highest BCUT2D eigenvalue weighted by atomic mass is 35.5. The highest BCUT2D eigenvalue weighted by Crippen LogP contribution is 2.26. The van der Waals surface area contributed by atoms with E-state index in [4.69, 9.17) is 28.9 Å². The van der Waals surface area contributed by atoms with E-state index >= 15 is 0 Å². The topological polar surface area (TPSA) is 38.0 Å². The fraction of sp³-hybridized carbons (Fsp3) is 0.0769. The van der Waals surface area contributed by atoms with E-state index in [1.54, 1.807) is 12.1 Å². The number of halogens is 2. The molecule has 0 aromatic heterocycles. The molecule has 0 aliphatic heterocycles. The van der Waals surface area contributed by atoms with Crippen LogP contribution in [0.4, 0.5) is 11.4 Å². The second kappa shape index (κ2) is 5.41. The van der Waals surface area contributed by atoms with Crippen molar-refractivity contribution in [2.45, 2.75) is 6.54 Å².